The maximum absolute atomic E-state index is 12.5. The SMILES string of the molecule is CCOP(=O)(Oc1cccs1)c1cccs1. The van der Waals surface area contributed by atoms with Crippen LogP contribution in [0, 0.1) is 0 Å². The Morgan fingerprint density at radius 3 is 2.56 bits per heavy atom. The highest BCUT2D eigenvalue weighted by Crippen LogP contribution is 2.49. The number of thiophene rings is 2. The van der Waals surface area contributed by atoms with Gasteiger partial charge in [0.25, 0.3) is 0 Å². The Morgan fingerprint density at radius 1 is 1.25 bits per heavy atom. The summed E-state index contributed by atoms with van der Waals surface area (Å²) < 4.78 is 23.9. The Hall–Kier alpha value is -0.610. The zero-order chi connectivity index (χ0) is 11.4. The fraction of sp³-hybridized carbons (Fsp3) is 0.200. The van der Waals surface area contributed by atoms with E-state index in [0.717, 1.165) is 0 Å². The first-order valence-electron chi connectivity index (χ1n) is 4.76. The molecule has 0 fully saturated rings. The van der Waals surface area contributed by atoms with E-state index in [9.17, 15) is 4.57 Å². The smallest absolute Gasteiger partial charge is 0.410 e. The summed E-state index contributed by atoms with van der Waals surface area (Å²) in [5.74, 6) is 0. The summed E-state index contributed by atoms with van der Waals surface area (Å²) in [4.78, 5) is 0. The zero-order valence-corrected chi connectivity index (χ0v) is 11.2. The second kappa shape index (κ2) is 5.15. The van der Waals surface area contributed by atoms with Crippen molar-refractivity contribution in [2.45, 2.75) is 6.92 Å². The predicted molar refractivity (Wildman–Crippen MR) is 68.1 cm³/mol. The van der Waals surface area contributed by atoms with E-state index >= 15 is 0 Å². The van der Waals surface area contributed by atoms with Gasteiger partial charge in [0.1, 0.15) is 4.62 Å². The highest BCUT2D eigenvalue weighted by molar-refractivity contribution is 7.69. The number of hydrogen-bond donors (Lipinski definition) is 0. The summed E-state index contributed by atoms with van der Waals surface area (Å²) in [5.41, 5.74) is 0. The average Bonchev–Trinajstić information content (AvgIpc) is 2.89. The van der Waals surface area contributed by atoms with Crippen molar-refractivity contribution in [1.82, 2.24) is 0 Å². The molecular formula is C10H11O3PS2. The fourth-order valence-electron chi connectivity index (χ4n) is 1.16. The van der Waals surface area contributed by atoms with Gasteiger partial charge >= 0.3 is 7.60 Å². The van der Waals surface area contributed by atoms with E-state index in [-0.39, 0.29) is 0 Å². The van der Waals surface area contributed by atoms with Gasteiger partial charge in [-0.05, 0) is 35.9 Å². The van der Waals surface area contributed by atoms with E-state index in [1.807, 2.05) is 22.9 Å². The van der Waals surface area contributed by atoms with Crippen LogP contribution in [0.5, 0.6) is 5.06 Å². The quantitative estimate of drug-likeness (QED) is 0.779. The van der Waals surface area contributed by atoms with Crippen LogP contribution in [0.1, 0.15) is 6.92 Å². The van der Waals surface area contributed by atoms with Crippen LogP contribution < -0.4 is 9.14 Å². The molecule has 3 nitrogen and oxygen atoms in total. The topological polar surface area (TPSA) is 35.5 Å². The van der Waals surface area contributed by atoms with Gasteiger partial charge in [-0.1, -0.05) is 6.07 Å². The minimum Gasteiger partial charge on any atom is -0.410 e. The first-order chi connectivity index (χ1) is 7.74. The molecule has 0 radical (unpaired) electrons. The summed E-state index contributed by atoms with van der Waals surface area (Å²) in [5, 5.41) is 4.35. The van der Waals surface area contributed by atoms with Gasteiger partial charge in [-0.25, -0.2) is 4.57 Å². The molecule has 0 saturated heterocycles. The molecule has 1 unspecified atom stereocenters. The fourth-order valence-corrected chi connectivity index (χ4v) is 4.68. The standard InChI is InChI=1S/C10H11O3PS2/c1-2-12-14(11,10-6-4-8-16-10)13-9-5-3-7-15-9/h3-8H,2H2,1H3. The highest BCUT2D eigenvalue weighted by Gasteiger charge is 2.30. The Bertz CT molecular complexity index is 464. The molecule has 16 heavy (non-hydrogen) atoms. The molecule has 0 saturated carbocycles. The van der Waals surface area contributed by atoms with Crippen molar-refractivity contribution in [3.05, 3.63) is 35.0 Å². The molecule has 1 atom stereocenters. The van der Waals surface area contributed by atoms with Gasteiger partial charge in [-0.3, -0.25) is 4.52 Å². The van der Waals surface area contributed by atoms with Crippen molar-refractivity contribution in [2.24, 2.45) is 0 Å². The van der Waals surface area contributed by atoms with Crippen LogP contribution in [-0.2, 0) is 9.09 Å². The zero-order valence-electron chi connectivity index (χ0n) is 8.66. The predicted octanol–water partition coefficient (Wildman–Crippen LogP) is 3.74. The number of hydrogen-bond acceptors (Lipinski definition) is 5. The molecule has 0 bridgehead atoms. The van der Waals surface area contributed by atoms with Gasteiger partial charge in [0, 0.05) is 0 Å². The summed E-state index contributed by atoms with van der Waals surface area (Å²) in [7, 11) is -3.18. The third-order valence-electron chi connectivity index (χ3n) is 1.78. The van der Waals surface area contributed by atoms with Gasteiger partial charge in [-0.15, -0.1) is 22.7 Å². The molecular weight excluding hydrogens is 263 g/mol. The lowest BCUT2D eigenvalue weighted by Gasteiger charge is -2.15. The van der Waals surface area contributed by atoms with Crippen molar-refractivity contribution in [3.63, 3.8) is 0 Å². The Morgan fingerprint density at radius 2 is 2.00 bits per heavy atom. The van der Waals surface area contributed by atoms with E-state index < -0.39 is 7.60 Å². The minimum atomic E-state index is -3.18. The molecule has 2 aromatic rings. The Balaban J connectivity index is 2.26. The highest BCUT2D eigenvalue weighted by atomic mass is 32.1. The van der Waals surface area contributed by atoms with Crippen LogP contribution in [0.2, 0.25) is 0 Å². The van der Waals surface area contributed by atoms with Crippen molar-refractivity contribution in [2.75, 3.05) is 6.61 Å². The Labute approximate surface area is 102 Å². The summed E-state index contributed by atoms with van der Waals surface area (Å²) in [6.07, 6.45) is 0. The molecule has 0 aromatic carbocycles. The van der Waals surface area contributed by atoms with Crippen LogP contribution in [0.3, 0.4) is 0 Å². The van der Waals surface area contributed by atoms with E-state index in [0.29, 0.717) is 16.3 Å². The van der Waals surface area contributed by atoms with Crippen LogP contribution in [-0.4, -0.2) is 6.61 Å². The molecule has 2 rings (SSSR count). The second-order valence-electron chi connectivity index (χ2n) is 2.89. The summed E-state index contributed by atoms with van der Waals surface area (Å²) >= 11 is 2.79. The van der Waals surface area contributed by atoms with Gasteiger partial charge in [0.05, 0.1) is 6.61 Å². The molecule has 86 valence electrons. The summed E-state index contributed by atoms with van der Waals surface area (Å²) in [6, 6.07) is 7.24. The van der Waals surface area contributed by atoms with E-state index in [1.54, 1.807) is 19.1 Å². The first-order valence-corrected chi connectivity index (χ1v) is 8.06. The maximum Gasteiger partial charge on any atom is 0.421 e. The van der Waals surface area contributed by atoms with Crippen molar-refractivity contribution in [1.29, 1.82) is 0 Å². The van der Waals surface area contributed by atoms with Crippen molar-refractivity contribution < 1.29 is 13.6 Å². The molecule has 0 aliphatic rings. The van der Waals surface area contributed by atoms with Crippen molar-refractivity contribution in [3.8, 4) is 5.06 Å². The summed E-state index contributed by atoms with van der Waals surface area (Å²) in [6.45, 7) is 2.17. The van der Waals surface area contributed by atoms with E-state index in [4.69, 9.17) is 9.05 Å². The maximum atomic E-state index is 12.5. The largest absolute Gasteiger partial charge is 0.421 e. The van der Waals surface area contributed by atoms with E-state index in [1.165, 1.54) is 22.7 Å². The Kier molecular flexibility index (Phi) is 3.82. The van der Waals surface area contributed by atoms with Gasteiger partial charge in [0.2, 0.25) is 0 Å². The second-order valence-corrected chi connectivity index (χ2v) is 6.97. The van der Waals surface area contributed by atoms with Crippen LogP contribution in [0.4, 0.5) is 0 Å². The molecule has 0 aliphatic carbocycles. The lowest BCUT2D eigenvalue weighted by Crippen LogP contribution is -2.08. The third-order valence-corrected chi connectivity index (χ3v) is 6.03. The molecule has 0 spiro atoms. The van der Waals surface area contributed by atoms with Crippen molar-refractivity contribution >= 4 is 34.9 Å². The molecule has 0 N–H and O–H groups in total. The molecule has 0 amide bonds. The van der Waals surface area contributed by atoms with Gasteiger partial charge < -0.3 is 4.52 Å². The van der Waals surface area contributed by atoms with Crippen LogP contribution in [0.15, 0.2) is 35.0 Å². The molecule has 2 heterocycles. The van der Waals surface area contributed by atoms with E-state index in [2.05, 4.69) is 0 Å². The van der Waals surface area contributed by atoms with Crippen LogP contribution >= 0.6 is 30.3 Å². The normalized spacial score (nSPS) is 14.6. The molecule has 2 aromatic heterocycles. The first kappa shape index (κ1) is 11.9. The third kappa shape index (κ3) is 2.55. The average molecular weight is 274 g/mol. The lowest BCUT2D eigenvalue weighted by atomic mass is 10.7. The molecule has 0 aliphatic heterocycles. The monoisotopic (exact) mass is 274 g/mol. The lowest BCUT2D eigenvalue weighted by molar-refractivity contribution is 0.291. The number of rotatable bonds is 5. The molecule has 6 heteroatoms. The van der Waals surface area contributed by atoms with Crippen LogP contribution in [0.25, 0.3) is 0 Å². The van der Waals surface area contributed by atoms with Gasteiger partial charge in [-0.2, -0.15) is 0 Å². The minimum absolute atomic E-state index is 0.362. The van der Waals surface area contributed by atoms with Gasteiger partial charge in [0.15, 0.2) is 5.06 Å².